The fourth-order valence-electron chi connectivity index (χ4n) is 2.99. The average Bonchev–Trinajstić information content (AvgIpc) is 3.22. The zero-order chi connectivity index (χ0) is 22.7. The molecule has 10 nitrogen and oxygen atoms in total. The van der Waals surface area contributed by atoms with Crippen molar-refractivity contribution in [3.05, 3.63) is 78.4 Å². The standard InChI is InChI=1S/C21H17N5O5S/c27-20(28)13-22-21(29)14-5-11-17(12-6-14)32(30,31)24-15-7-9-16(10-8-15)26-19-4-2-1-3-18(19)23-25-26/h1-12,24H,13H2,(H,22,29)(H,27,28). The van der Waals surface area contributed by atoms with E-state index in [4.69, 9.17) is 5.11 Å². The molecule has 4 rings (SSSR count). The fourth-order valence-corrected chi connectivity index (χ4v) is 4.05. The number of anilines is 1. The highest BCUT2D eigenvalue weighted by atomic mass is 32.2. The molecule has 0 atom stereocenters. The van der Waals surface area contributed by atoms with E-state index in [0.29, 0.717) is 5.69 Å². The second-order valence-electron chi connectivity index (χ2n) is 6.74. The quantitative estimate of drug-likeness (QED) is 0.390. The van der Waals surface area contributed by atoms with E-state index in [0.717, 1.165) is 16.7 Å². The Morgan fingerprint density at radius 2 is 1.62 bits per heavy atom. The van der Waals surface area contributed by atoms with Crippen molar-refractivity contribution in [3.8, 4) is 5.69 Å². The first-order chi connectivity index (χ1) is 15.3. The number of hydrogen-bond donors (Lipinski definition) is 3. The van der Waals surface area contributed by atoms with E-state index in [1.165, 1.54) is 24.3 Å². The summed E-state index contributed by atoms with van der Waals surface area (Å²) in [5.41, 5.74) is 2.79. The Morgan fingerprint density at radius 3 is 2.31 bits per heavy atom. The molecule has 0 saturated carbocycles. The number of nitrogens with one attached hydrogen (secondary N) is 2. The molecule has 3 N–H and O–H groups in total. The fraction of sp³-hybridized carbons (Fsp3) is 0.0476. The van der Waals surface area contributed by atoms with Crippen LogP contribution in [-0.4, -0.2) is 46.9 Å². The lowest BCUT2D eigenvalue weighted by Crippen LogP contribution is -2.29. The van der Waals surface area contributed by atoms with Gasteiger partial charge in [0, 0.05) is 11.3 Å². The van der Waals surface area contributed by atoms with E-state index >= 15 is 0 Å². The molecule has 162 valence electrons. The van der Waals surface area contributed by atoms with Crippen LogP contribution in [0.3, 0.4) is 0 Å². The van der Waals surface area contributed by atoms with Gasteiger partial charge in [0.2, 0.25) is 0 Å². The summed E-state index contributed by atoms with van der Waals surface area (Å²) in [7, 11) is -3.89. The molecule has 0 aliphatic heterocycles. The molecule has 0 aliphatic carbocycles. The lowest BCUT2D eigenvalue weighted by molar-refractivity contribution is -0.135. The largest absolute Gasteiger partial charge is 0.480 e. The smallest absolute Gasteiger partial charge is 0.322 e. The predicted molar refractivity (Wildman–Crippen MR) is 116 cm³/mol. The zero-order valence-electron chi connectivity index (χ0n) is 16.5. The number of benzene rings is 3. The molecule has 0 aliphatic rings. The summed E-state index contributed by atoms with van der Waals surface area (Å²) in [5.74, 6) is -1.79. The molecular weight excluding hydrogens is 434 g/mol. The van der Waals surface area contributed by atoms with Crippen molar-refractivity contribution in [2.24, 2.45) is 0 Å². The van der Waals surface area contributed by atoms with Crippen molar-refractivity contribution >= 4 is 38.6 Å². The molecule has 0 unspecified atom stereocenters. The van der Waals surface area contributed by atoms with Crippen LogP contribution in [0.25, 0.3) is 16.7 Å². The summed E-state index contributed by atoms with van der Waals surface area (Å²) < 4.78 is 29.5. The number of hydrogen-bond acceptors (Lipinski definition) is 6. The van der Waals surface area contributed by atoms with Crippen LogP contribution in [0.2, 0.25) is 0 Å². The maximum atomic E-state index is 12.7. The molecule has 1 aromatic heterocycles. The van der Waals surface area contributed by atoms with Gasteiger partial charge in [0.15, 0.2) is 0 Å². The second kappa shape index (κ2) is 8.47. The summed E-state index contributed by atoms with van der Waals surface area (Å²) in [6, 6.07) is 19.3. The molecule has 1 amide bonds. The second-order valence-corrected chi connectivity index (χ2v) is 8.43. The number of fused-ring (bicyclic) bond motifs is 1. The summed E-state index contributed by atoms with van der Waals surface area (Å²) in [5, 5.41) is 19.0. The molecule has 1 heterocycles. The van der Waals surface area contributed by atoms with Gasteiger partial charge in [0.1, 0.15) is 12.1 Å². The third-order valence-electron chi connectivity index (χ3n) is 4.54. The third-order valence-corrected chi connectivity index (χ3v) is 5.94. The van der Waals surface area contributed by atoms with Crippen LogP contribution in [-0.2, 0) is 14.8 Å². The maximum Gasteiger partial charge on any atom is 0.322 e. The average molecular weight is 451 g/mol. The van der Waals surface area contributed by atoms with Crippen molar-refractivity contribution < 1.29 is 23.1 Å². The summed E-state index contributed by atoms with van der Waals surface area (Å²) in [6.45, 7) is -0.527. The molecule has 0 spiro atoms. The van der Waals surface area contributed by atoms with Gasteiger partial charge in [-0.25, -0.2) is 13.1 Å². The summed E-state index contributed by atoms with van der Waals surface area (Å²) >= 11 is 0. The highest BCUT2D eigenvalue weighted by molar-refractivity contribution is 7.92. The minimum absolute atomic E-state index is 0.0429. The van der Waals surface area contributed by atoms with Crippen LogP contribution in [0.5, 0.6) is 0 Å². The molecule has 0 saturated heterocycles. The van der Waals surface area contributed by atoms with Gasteiger partial charge in [-0.2, -0.15) is 0 Å². The minimum atomic E-state index is -3.89. The third kappa shape index (κ3) is 4.42. The number of carboxylic acid groups (broad SMARTS) is 1. The number of aliphatic carboxylic acids is 1. The lowest BCUT2D eigenvalue weighted by atomic mass is 10.2. The number of amides is 1. The summed E-state index contributed by atoms with van der Waals surface area (Å²) in [4.78, 5) is 22.3. The van der Waals surface area contributed by atoms with Gasteiger partial charge in [-0.15, -0.1) is 5.10 Å². The van der Waals surface area contributed by atoms with E-state index in [9.17, 15) is 18.0 Å². The van der Waals surface area contributed by atoms with E-state index in [-0.39, 0.29) is 10.5 Å². The minimum Gasteiger partial charge on any atom is -0.480 e. The number of nitrogens with zero attached hydrogens (tertiary/aromatic N) is 3. The van der Waals surface area contributed by atoms with Crippen molar-refractivity contribution in [2.75, 3.05) is 11.3 Å². The normalized spacial score (nSPS) is 11.2. The number of carbonyl (C=O) groups excluding carboxylic acids is 1. The van der Waals surface area contributed by atoms with Crippen LogP contribution in [0.15, 0.2) is 77.7 Å². The molecule has 0 bridgehead atoms. The predicted octanol–water partition coefficient (Wildman–Crippen LogP) is 2.04. The number of aromatic nitrogens is 3. The highest BCUT2D eigenvalue weighted by Gasteiger charge is 2.16. The molecule has 11 heteroatoms. The van der Waals surface area contributed by atoms with Gasteiger partial charge in [0.25, 0.3) is 15.9 Å². The van der Waals surface area contributed by atoms with Crippen molar-refractivity contribution in [3.63, 3.8) is 0 Å². The van der Waals surface area contributed by atoms with E-state index in [2.05, 4.69) is 20.4 Å². The monoisotopic (exact) mass is 451 g/mol. The number of carboxylic acids is 1. The van der Waals surface area contributed by atoms with E-state index < -0.39 is 28.4 Å². The molecule has 0 radical (unpaired) electrons. The Morgan fingerprint density at radius 1 is 0.938 bits per heavy atom. The Bertz CT molecular complexity index is 1400. The topological polar surface area (TPSA) is 143 Å². The lowest BCUT2D eigenvalue weighted by Gasteiger charge is -2.10. The van der Waals surface area contributed by atoms with Crippen LogP contribution in [0.1, 0.15) is 10.4 Å². The highest BCUT2D eigenvalue weighted by Crippen LogP contribution is 2.20. The van der Waals surface area contributed by atoms with Crippen LogP contribution >= 0.6 is 0 Å². The Labute approximate surface area is 182 Å². The van der Waals surface area contributed by atoms with Gasteiger partial charge in [-0.1, -0.05) is 17.3 Å². The Kier molecular flexibility index (Phi) is 5.56. The number of carbonyl (C=O) groups is 2. The molecule has 4 aromatic rings. The Balaban J connectivity index is 1.48. The maximum absolute atomic E-state index is 12.7. The SMILES string of the molecule is O=C(O)CNC(=O)c1ccc(S(=O)(=O)Nc2ccc(-n3nnc4ccccc43)cc2)cc1. The van der Waals surface area contributed by atoms with Gasteiger partial charge >= 0.3 is 5.97 Å². The van der Waals surface area contributed by atoms with Gasteiger partial charge in [0.05, 0.1) is 16.1 Å². The van der Waals surface area contributed by atoms with Crippen LogP contribution in [0.4, 0.5) is 5.69 Å². The molecule has 32 heavy (non-hydrogen) atoms. The molecule has 3 aromatic carbocycles. The van der Waals surface area contributed by atoms with Crippen LogP contribution < -0.4 is 10.0 Å². The molecule has 0 fully saturated rings. The van der Waals surface area contributed by atoms with Crippen molar-refractivity contribution in [1.29, 1.82) is 0 Å². The van der Waals surface area contributed by atoms with Gasteiger partial charge in [-0.05, 0) is 60.7 Å². The Hall–Kier alpha value is -4.25. The van der Waals surface area contributed by atoms with Crippen molar-refractivity contribution in [2.45, 2.75) is 4.90 Å². The van der Waals surface area contributed by atoms with E-state index in [1.54, 1.807) is 28.9 Å². The number of rotatable bonds is 7. The van der Waals surface area contributed by atoms with E-state index in [1.807, 2.05) is 24.3 Å². The van der Waals surface area contributed by atoms with Gasteiger partial charge < -0.3 is 10.4 Å². The molecular formula is C21H17N5O5S. The number of sulfonamides is 1. The zero-order valence-corrected chi connectivity index (χ0v) is 17.3. The first-order valence-electron chi connectivity index (χ1n) is 9.37. The van der Waals surface area contributed by atoms with Crippen LogP contribution in [0, 0.1) is 0 Å². The van der Waals surface area contributed by atoms with Gasteiger partial charge in [-0.3, -0.25) is 14.3 Å². The van der Waals surface area contributed by atoms with Crippen molar-refractivity contribution in [1.82, 2.24) is 20.3 Å². The number of para-hydroxylation sites is 1. The first-order valence-corrected chi connectivity index (χ1v) is 10.9. The first kappa shape index (κ1) is 21.0. The summed E-state index contributed by atoms with van der Waals surface area (Å²) in [6.07, 6.45) is 0.